The first-order valence-corrected chi connectivity index (χ1v) is 7.67. The molecule has 0 radical (unpaired) electrons. The molecule has 0 aliphatic carbocycles. The lowest BCUT2D eigenvalue weighted by atomic mass is 10.3. The SMILES string of the molecule is CCn1ncc(NC(=O)CCn2nccc2C(=O)O)c1C(=O)N(C)C. The van der Waals surface area contributed by atoms with Crippen LogP contribution < -0.4 is 5.32 Å². The second-order valence-corrected chi connectivity index (χ2v) is 5.47. The molecule has 0 bridgehead atoms. The topological polar surface area (TPSA) is 122 Å². The molecule has 2 rings (SSSR count). The van der Waals surface area contributed by atoms with Crippen LogP contribution in [-0.4, -0.2) is 61.4 Å². The minimum atomic E-state index is -1.11. The maximum Gasteiger partial charge on any atom is 0.354 e. The van der Waals surface area contributed by atoms with Crippen LogP contribution in [0.15, 0.2) is 18.5 Å². The van der Waals surface area contributed by atoms with Crippen molar-refractivity contribution >= 4 is 23.5 Å². The van der Waals surface area contributed by atoms with Crippen LogP contribution >= 0.6 is 0 Å². The monoisotopic (exact) mass is 348 g/mol. The summed E-state index contributed by atoms with van der Waals surface area (Å²) in [5.41, 5.74) is 0.630. The van der Waals surface area contributed by atoms with Crippen molar-refractivity contribution in [3.8, 4) is 0 Å². The van der Waals surface area contributed by atoms with Gasteiger partial charge < -0.3 is 15.3 Å². The number of carbonyl (C=O) groups is 3. The number of carbonyl (C=O) groups excluding carboxylic acids is 2. The average molecular weight is 348 g/mol. The zero-order valence-corrected chi connectivity index (χ0v) is 14.3. The molecule has 134 valence electrons. The minimum Gasteiger partial charge on any atom is -0.477 e. The molecule has 0 atom stereocenters. The number of amides is 2. The molecule has 0 aliphatic rings. The number of nitrogens with zero attached hydrogens (tertiary/aromatic N) is 5. The number of rotatable bonds is 7. The molecule has 2 aromatic heterocycles. The molecule has 10 nitrogen and oxygen atoms in total. The first kappa shape index (κ1) is 18.2. The number of aromatic nitrogens is 4. The van der Waals surface area contributed by atoms with E-state index in [-0.39, 0.29) is 30.5 Å². The fourth-order valence-electron chi connectivity index (χ4n) is 2.27. The summed E-state index contributed by atoms with van der Waals surface area (Å²) in [7, 11) is 3.23. The highest BCUT2D eigenvalue weighted by molar-refractivity contribution is 6.02. The number of hydrogen-bond donors (Lipinski definition) is 2. The van der Waals surface area contributed by atoms with Crippen LogP contribution in [0.5, 0.6) is 0 Å². The summed E-state index contributed by atoms with van der Waals surface area (Å²) in [5, 5.41) is 19.7. The summed E-state index contributed by atoms with van der Waals surface area (Å²) < 4.78 is 2.75. The van der Waals surface area contributed by atoms with Gasteiger partial charge in [-0.2, -0.15) is 10.2 Å². The Labute approximate surface area is 144 Å². The Kier molecular flexibility index (Phi) is 5.52. The molecule has 2 amide bonds. The van der Waals surface area contributed by atoms with Crippen molar-refractivity contribution in [2.24, 2.45) is 0 Å². The normalized spacial score (nSPS) is 10.5. The van der Waals surface area contributed by atoms with Crippen molar-refractivity contribution in [2.75, 3.05) is 19.4 Å². The van der Waals surface area contributed by atoms with E-state index in [9.17, 15) is 14.4 Å². The highest BCUT2D eigenvalue weighted by atomic mass is 16.4. The molecule has 0 unspecified atom stereocenters. The van der Waals surface area contributed by atoms with Gasteiger partial charge in [0.25, 0.3) is 5.91 Å². The summed E-state index contributed by atoms with van der Waals surface area (Å²) in [6.07, 6.45) is 2.80. The van der Waals surface area contributed by atoms with Gasteiger partial charge in [0.2, 0.25) is 5.91 Å². The minimum absolute atomic E-state index is 0.00879. The average Bonchev–Trinajstić information content (AvgIpc) is 3.18. The van der Waals surface area contributed by atoms with Crippen LogP contribution in [0, 0.1) is 0 Å². The molecule has 0 fully saturated rings. The largest absolute Gasteiger partial charge is 0.477 e. The van der Waals surface area contributed by atoms with Crippen molar-refractivity contribution in [2.45, 2.75) is 26.4 Å². The van der Waals surface area contributed by atoms with E-state index in [2.05, 4.69) is 15.5 Å². The van der Waals surface area contributed by atoms with Gasteiger partial charge in [0, 0.05) is 33.3 Å². The highest BCUT2D eigenvalue weighted by Gasteiger charge is 2.21. The molecule has 0 aromatic carbocycles. The highest BCUT2D eigenvalue weighted by Crippen LogP contribution is 2.17. The second-order valence-electron chi connectivity index (χ2n) is 5.47. The lowest BCUT2D eigenvalue weighted by molar-refractivity contribution is -0.116. The number of carboxylic acid groups (broad SMARTS) is 1. The van der Waals surface area contributed by atoms with E-state index in [0.29, 0.717) is 17.9 Å². The number of nitrogens with one attached hydrogen (secondary N) is 1. The van der Waals surface area contributed by atoms with Crippen molar-refractivity contribution < 1.29 is 19.5 Å². The van der Waals surface area contributed by atoms with Crippen molar-refractivity contribution in [3.63, 3.8) is 0 Å². The molecule has 0 saturated carbocycles. The van der Waals surface area contributed by atoms with Crippen LogP contribution in [0.2, 0.25) is 0 Å². The molecule has 25 heavy (non-hydrogen) atoms. The molecular weight excluding hydrogens is 328 g/mol. The fraction of sp³-hybridized carbons (Fsp3) is 0.400. The van der Waals surface area contributed by atoms with Crippen LogP contribution in [0.1, 0.15) is 34.3 Å². The van der Waals surface area contributed by atoms with E-state index in [4.69, 9.17) is 5.11 Å². The third-order valence-electron chi connectivity index (χ3n) is 3.51. The summed E-state index contributed by atoms with van der Waals surface area (Å²) in [6, 6.07) is 1.36. The van der Waals surface area contributed by atoms with Gasteiger partial charge >= 0.3 is 5.97 Å². The molecule has 0 saturated heterocycles. The van der Waals surface area contributed by atoms with Gasteiger partial charge in [-0.05, 0) is 13.0 Å². The van der Waals surface area contributed by atoms with Crippen molar-refractivity contribution in [1.82, 2.24) is 24.5 Å². The summed E-state index contributed by atoms with van der Waals surface area (Å²) in [4.78, 5) is 36.9. The maximum atomic E-state index is 12.3. The van der Waals surface area contributed by atoms with Crippen LogP contribution in [0.3, 0.4) is 0 Å². The quantitative estimate of drug-likeness (QED) is 0.752. The Morgan fingerprint density at radius 1 is 1.24 bits per heavy atom. The van der Waals surface area contributed by atoms with Gasteiger partial charge in [0.15, 0.2) is 0 Å². The molecular formula is C15H20N6O4. The van der Waals surface area contributed by atoms with E-state index in [0.717, 1.165) is 0 Å². The molecule has 0 aliphatic heterocycles. The number of aryl methyl sites for hydroxylation is 2. The van der Waals surface area contributed by atoms with E-state index in [1.54, 1.807) is 14.1 Å². The Bertz CT molecular complexity index is 792. The smallest absolute Gasteiger partial charge is 0.354 e. The second kappa shape index (κ2) is 7.60. The van der Waals surface area contributed by atoms with Crippen molar-refractivity contribution in [3.05, 3.63) is 29.8 Å². The fourth-order valence-corrected chi connectivity index (χ4v) is 2.27. The number of hydrogen-bond acceptors (Lipinski definition) is 5. The zero-order valence-electron chi connectivity index (χ0n) is 14.3. The van der Waals surface area contributed by atoms with Crippen LogP contribution in [-0.2, 0) is 17.9 Å². The van der Waals surface area contributed by atoms with Gasteiger partial charge in [-0.15, -0.1) is 0 Å². The predicted molar refractivity (Wildman–Crippen MR) is 88.4 cm³/mol. The number of aromatic carboxylic acids is 1. The van der Waals surface area contributed by atoms with Gasteiger partial charge in [0.05, 0.1) is 18.4 Å². The maximum absolute atomic E-state index is 12.3. The molecule has 10 heteroatoms. The third kappa shape index (κ3) is 4.03. The Morgan fingerprint density at radius 3 is 2.56 bits per heavy atom. The lowest BCUT2D eigenvalue weighted by Crippen LogP contribution is -2.26. The Hall–Kier alpha value is -3.17. The Balaban J connectivity index is 2.08. The van der Waals surface area contributed by atoms with Gasteiger partial charge in [-0.1, -0.05) is 0 Å². The predicted octanol–water partition coefficient (Wildman–Crippen LogP) is 0.528. The van der Waals surface area contributed by atoms with E-state index < -0.39 is 5.97 Å². The van der Waals surface area contributed by atoms with Crippen LogP contribution in [0.4, 0.5) is 5.69 Å². The van der Waals surface area contributed by atoms with Gasteiger partial charge in [-0.25, -0.2) is 4.79 Å². The molecule has 0 spiro atoms. The lowest BCUT2D eigenvalue weighted by Gasteiger charge is -2.13. The number of carboxylic acids is 1. The zero-order chi connectivity index (χ0) is 18.6. The molecule has 2 heterocycles. The summed E-state index contributed by atoms with van der Waals surface area (Å²) >= 11 is 0. The first-order chi connectivity index (χ1) is 11.8. The molecule has 2 aromatic rings. The third-order valence-corrected chi connectivity index (χ3v) is 3.51. The standard InChI is InChI=1S/C15H20N6O4/c1-4-20-13(14(23)19(2)3)10(9-17-20)18-12(22)6-8-21-11(15(24)25)5-7-16-21/h5,7,9H,4,6,8H2,1-3H3,(H,18,22)(H,24,25). The van der Waals surface area contributed by atoms with Crippen molar-refractivity contribution in [1.29, 1.82) is 0 Å². The number of anilines is 1. The summed E-state index contributed by atoms with van der Waals surface area (Å²) in [5.74, 6) is -1.74. The van der Waals surface area contributed by atoms with Crippen LogP contribution in [0.25, 0.3) is 0 Å². The molecule has 2 N–H and O–H groups in total. The van der Waals surface area contributed by atoms with E-state index >= 15 is 0 Å². The Morgan fingerprint density at radius 2 is 1.96 bits per heavy atom. The summed E-state index contributed by atoms with van der Waals surface area (Å²) in [6.45, 7) is 2.44. The van der Waals surface area contributed by atoms with Gasteiger partial charge in [0.1, 0.15) is 11.4 Å². The van der Waals surface area contributed by atoms with E-state index in [1.807, 2.05) is 6.92 Å². The first-order valence-electron chi connectivity index (χ1n) is 7.67. The van der Waals surface area contributed by atoms with E-state index in [1.165, 1.54) is 32.7 Å². The van der Waals surface area contributed by atoms with Gasteiger partial charge in [-0.3, -0.25) is 19.0 Å².